The molecule has 2 aromatic heterocycles. The summed E-state index contributed by atoms with van der Waals surface area (Å²) in [5.74, 6) is 0.0429. The maximum absolute atomic E-state index is 13.1. The van der Waals surface area contributed by atoms with Crippen molar-refractivity contribution >= 4 is 34.7 Å². The van der Waals surface area contributed by atoms with E-state index in [1.54, 1.807) is 6.07 Å². The van der Waals surface area contributed by atoms with Crippen LogP contribution >= 0.6 is 0 Å². The molecule has 39 heavy (non-hydrogen) atoms. The van der Waals surface area contributed by atoms with Crippen LogP contribution in [0, 0.1) is 5.92 Å². The van der Waals surface area contributed by atoms with Gasteiger partial charge in [0.05, 0.1) is 41.0 Å². The van der Waals surface area contributed by atoms with Crippen molar-refractivity contribution in [2.75, 3.05) is 35.7 Å². The van der Waals surface area contributed by atoms with Crippen LogP contribution in [0.15, 0.2) is 30.5 Å². The fourth-order valence-electron chi connectivity index (χ4n) is 5.61. The van der Waals surface area contributed by atoms with E-state index in [0.29, 0.717) is 17.5 Å². The van der Waals surface area contributed by atoms with Gasteiger partial charge in [0.15, 0.2) is 11.5 Å². The molecule has 3 aromatic rings. The highest BCUT2D eigenvalue weighted by Crippen LogP contribution is 2.49. The number of nitrogens with zero attached hydrogens (tertiary/aromatic N) is 5. The second-order valence-corrected chi connectivity index (χ2v) is 11.1. The first-order valence-corrected chi connectivity index (χ1v) is 13.9. The lowest BCUT2D eigenvalue weighted by Gasteiger charge is -2.39. The standard InChI is InChI=1S/C28H33N9O2/c1-3-22-26-19(14-30-37(26)17-12-29-13-17)18-5-4-6-20(25(18)36(22)2)32-21-11-23(33-27(38)15-7-8-15)34-35-24(21)28(39)31-16-9-10-16/h4-6,11,14-17,22,29H,3,7-10,12-13H2,1-2H3,(H,31,39)(H2,32,33,34,38). The zero-order valence-electron chi connectivity index (χ0n) is 22.2. The molecule has 11 nitrogen and oxygen atoms in total. The van der Waals surface area contributed by atoms with Gasteiger partial charge in [0.1, 0.15) is 0 Å². The maximum atomic E-state index is 13.1. The second-order valence-electron chi connectivity index (χ2n) is 11.1. The van der Waals surface area contributed by atoms with Gasteiger partial charge in [-0.3, -0.25) is 14.3 Å². The first-order valence-electron chi connectivity index (χ1n) is 13.9. The van der Waals surface area contributed by atoms with Crippen LogP contribution < -0.4 is 26.2 Å². The highest BCUT2D eigenvalue weighted by molar-refractivity contribution is 6.01. The van der Waals surface area contributed by atoms with Gasteiger partial charge in [-0.25, -0.2) is 0 Å². The van der Waals surface area contributed by atoms with E-state index in [4.69, 9.17) is 5.10 Å². The largest absolute Gasteiger partial charge is 0.364 e. The Morgan fingerprint density at radius 1 is 1.08 bits per heavy atom. The van der Waals surface area contributed by atoms with Crippen molar-refractivity contribution in [3.05, 3.63) is 41.9 Å². The Bertz CT molecular complexity index is 1460. The van der Waals surface area contributed by atoms with Crippen molar-refractivity contribution in [3.63, 3.8) is 0 Å². The van der Waals surface area contributed by atoms with E-state index in [2.05, 4.69) is 61.1 Å². The number of hydrogen-bond acceptors (Lipinski definition) is 8. The molecule has 0 spiro atoms. The van der Waals surface area contributed by atoms with Gasteiger partial charge in [-0.2, -0.15) is 5.10 Å². The quantitative estimate of drug-likeness (QED) is 0.351. The van der Waals surface area contributed by atoms with E-state index in [9.17, 15) is 9.59 Å². The number of aromatic nitrogens is 4. The Balaban J connectivity index is 1.28. The van der Waals surface area contributed by atoms with Crippen molar-refractivity contribution < 1.29 is 9.59 Å². The van der Waals surface area contributed by atoms with Crippen LogP contribution in [0.4, 0.5) is 22.9 Å². The summed E-state index contributed by atoms with van der Waals surface area (Å²) >= 11 is 0. The summed E-state index contributed by atoms with van der Waals surface area (Å²) in [5.41, 5.74) is 6.08. The summed E-state index contributed by atoms with van der Waals surface area (Å²) in [6.07, 6.45) is 6.64. The third-order valence-electron chi connectivity index (χ3n) is 8.18. The molecule has 0 radical (unpaired) electrons. The first-order chi connectivity index (χ1) is 19.0. The molecule has 1 unspecified atom stereocenters. The summed E-state index contributed by atoms with van der Waals surface area (Å²) < 4.78 is 2.20. The zero-order valence-corrected chi connectivity index (χ0v) is 22.2. The summed E-state index contributed by atoms with van der Waals surface area (Å²) in [5, 5.41) is 26.0. The van der Waals surface area contributed by atoms with Gasteiger partial charge in [-0.15, -0.1) is 10.2 Å². The first kappa shape index (κ1) is 24.1. The van der Waals surface area contributed by atoms with Crippen molar-refractivity contribution in [1.82, 2.24) is 30.6 Å². The second kappa shape index (κ2) is 9.33. The van der Waals surface area contributed by atoms with E-state index < -0.39 is 0 Å². The maximum Gasteiger partial charge on any atom is 0.274 e. The topological polar surface area (TPSA) is 129 Å². The minimum Gasteiger partial charge on any atom is -0.364 e. The Kier molecular flexibility index (Phi) is 5.76. The van der Waals surface area contributed by atoms with Crippen LogP contribution in [-0.2, 0) is 4.79 Å². The number of nitrogens with one attached hydrogen (secondary N) is 4. The number of carbonyl (C=O) groups is 2. The number of para-hydroxylation sites is 1. The Morgan fingerprint density at radius 2 is 1.90 bits per heavy atom. The Labute approximate surface area is 226 Å². The third-order valence-corrected chi connectivity index (χ3v) is 8.18. The molecule has 1 saturated heterocycles. The normalized spacial score (nSPS) is 20.1. The van der Waals surface area contributed by atoms with Crippen LogP contribution in [0.25, 0.3) is 11.1 Å². The van der Waals surface area contributed by atoms with Gasteiger partial charge in [0.2, 0.25) is 5.91 Å². The molecule has 1 aromatic carbocycles. The van der Waals surface area contributed by atoms with Crippen molar-refractivity contribution in [3.8, 4) is 11.1 Å². The molecule has 3 fully saturated rings. The fraction of sp³-hybridized carbons (Fsp3) is 0.464. The molecule has 2 saturated carbocycles. The molecular formula is C28H33N9O2. The van der Waals surface area contributed by atoms with Gasteiger partial charge in [0.25, 0.3) is 5.91 Å². The molecule has 2 amide bonds. The number of amides is 2. The molecule has 4 aliphatic rings. The lowest BCUT2D eigenvalue weighted by atomic mass is 9.91. The molecule has 4 N–H and O–H groups in total. The van der Waals surface area contributed by atoms with E-state index in [1.807, 2.05) is 18.3 Å². The molecule has 7 rings (SSSR count). The SMILES string of the molecule is CCC1c2c(cnn2C2CNC2)-c2cccc(Nc3cc(NC(=O)C4CC4)nnc3C(=O)NC3CC3)c2N1C. The predicted molar refractivity (Wildman–Crippen MR) is 148 cm³/mol. The van der Waals surface area contributed by atoms with Gasteiger partial charge in [-0.1, -0.05) is 19.1 Å². The molecule has 2 aliphatic heterocycles. The number of hydrogen-bond donors (Lipinski definition) is 4. The van der Waals surface area contributed by atoms with Crippen molar-refractivity contribution in [2.24, 2.45) is 5.92 Å². The molecule has 2 aliphatic carbocycles. The average molecular weight is 528 g/mol. The summed E-state index contributed by atoms with van der Waals surface area (Å²) in [7, 11) is 2.12. The summed E-state index contributed by atoms with van der Waals surface area (Å²) in [4.78, 5) is 27.8. The number of anilines is 4. The van der Waals surface area contributed by atoms with Gasteiger partial charge in [0, 0.05) is 49.3 Å². The number of rotatable bonds is 8. The van der Waals surface area contributed by atoms with Crippen molar-refractivity contribution in [1.29, 1.82) is 0 Å². The summed E-state index contributed by atoms with van der Waals surface area (Å²) in [6.45, 7) is 4.07. The van der Waals surface area contributed by atoms with E-state index in [-0.39, 0.29) is 35.5 Å². The summed E-state index contributed by atoms with van der Waals surface area (Å²) in [6, 6.07) is 8.57. The number of fused-ring (bicyclic) bond motifs is 3. The monoisotopic (exact) mass is 527 g/mol. The van der Waals surface area contributed by atoms with Gasteiger partial charge < -0.3 is 26.2 Å². The van der Waals surface area contributed by atoms with Crippen LogP contribution in [0.3, 0.4) is 0 Å². The lowest BCUT2D eigenvalue weighted by molar-refractivity contribution is -0.117. The molecular weight excluding hydrogens is 494 g/mol. The third kappa shape index (κ3) is 4.30. The van der Waals surface area contributed by atoms with Crippen LogP contribution in [-0.4, -0.2) is 58.0 Å². The minimum absolute atomic E-state index is 0.0349. The van der Waals surface area contributed by atoms with Crippen LogP contribution in [0.2, 0.25) is 0 Å². The zero-order chi connectivity index (χ0) is 26.7. The highest BCUT2D eigenvalue weighted by Gasteiger charge is 2.36. The highest BCUT2D eigenvalue weighted by atomic mass is 16.2. The molecule has 202 valence electrons. The van der Waals surface area contributed by atoms with E-state index in [0.717, 1.165) is 67.7 Å². The van der Waals surface area contributed by atoms with Crippen LogP contribution in [0.1, 0.15) is 67.3 Å². The van der Waals surface area contributed by atoms with E-state index >= 15 is 0 Å². The minimum atomic E-state index is -0.269. The van der Waals surface area contributed by atoms with Crippen LogP contribution in [0.5, 0.6) is 0 Å². The lowest BCUT2D eigenvalue weighted by Crippen LogP contribution is -2.45. The Hall–Kier alpha value is -3.99. The molecule has 1 atom stereocenters. The van der Waals surface area contributed by atoms with Gasteiger partial charge in [-0.05, 0) is 38.2 Å². The number of carbonyl (C=O) groups excluding carboxylic acids is 2. The fourth-order valence-corrected chi connectivity index (χ4v) is 5.61. The van der Waals surface area contributed by atoms with Gasteiger partial charge >= 0.3 is 0 Å². The average Bonchev–Trinajstić information content (AvgIpc) is 3.83. The number of benzene rings is 1. The predicted octanol–water partition coefficient (Wildman–Crippen LogP) is 3.37. The Morgan fingerprint density at radius 3 is 2.59 bits per heavy atom. The molecule has 4 heterocycles. The molecule has 11 heteroatoms. The van der Waals surface area contributed by atoms with Crippen molar-refractivity contribution in [2.45, 2.75) is 57.2 Å². The smallest absolute Gasteiger partial charge is 0.274 e. The molecule has 0 bridgehead atoms. The van der Waals surface area contributed by atoms with E-state index in [1.165, 1.54) is 5.69 Å².